The summed E-state index contributed by atoms with van der Waals surface area (Å²) in [4.78, 5) is 23.0. The molecule has 1 aliphatic carbocycles. The lowest BCUT2D eigenvalue weighted by atomic mass is 9.91. The van der Waals surface area contributed by atoms with Gasteiger partial charge in [0.2, 0.25) is 5.91 Å². The summed E-state index contributed by atoms with van der Waals surface area (Å²) in [5.41, 5.74) is -0.616. The molecule has 0 spiro atoms. The quantitative estimate of drug-likeness (QED) is 0.742. The van der Waals surface area contributed by atoms with E-state index < -0.39 is 11.5 Å². The number of carboxylic acids is 1. The van der Waals surface area contributed by atoms with E-state index in [0.717, 1.165) is 25.7 Å². The van der Waals surface area contributed by atoms with E-state index in [1.165, 1.54) is 12.8 Å². The van der Waals surface area contributed by atoms with E-state index in [4.69, 9.17) is 5.11 Å². The van der Waals surface area contributed by atoms with Crippen LogP contribution in [0.15, 0.2) is 0 Å². The number of hydrogen-bond acceptors (Lipinski definition) is 2. The van der Waals surface area contributed by atoms with Crippen molar-refractivity contribution in [3.8, 4) is 0 Å². The van der Waals surface area contributed by atoms with Crippen molar-refractivity contribution in [3.05, 3.63) is 0 Å². The minimum Gasteiger partial charge on any atom is -0.481 e. The van der Waals surface area contributed by atoms with Crippen LogP contribution in [0.25, 0.3) is 0 Å². The number of nitrogens with one attached hydrogen (secondary N) is 1. The molecule has 104 valence electrons. The molecule has 4 heteroatoms. The second-order valence-electron chi connectivity index (χ2n) is 5.66. The van der Waals surface area contributed by atoms with E-state index in [0.29, 0.717) is 6.42 Å². The molecule has 18 heavy (non-hydrogen) atoms. The monoisotopic (exact) mass is 255 g/mol. The summed E-state index contributed by atoms with van der Waals surface area (Å²) in [5.74, 6) is -0.741. The van der Waals surface area contributed by atoms with Gasteiger partial charge in [-0.2, -0.15) is 0 Å². The topological polar surface area (TPSA) is 66.4 Å². The molecule has 4 nitrogen and oxygen atoms in total. The lowest BCUT2D eigenvalue weighted by Crippen LogP contribution is -2.49. The molecule has 1 saturated carbocycles. The van der Waals surface area contributed by atoms with E-state index in [9.17, 15) is 9.59 Å². The highest BCUT2D eigenvalue weighted by Crippen LogP contribution is 2.24. The molecule has 1 aliphatic rings. The molecule has 1 amide bonds. The Hall–Kier alpha value is -1.06. The van der Waals surface area contributed by atoms with Crippen LogP contribution in [-0.4, -0.2) is 22.5 Å². The molecular formula is C14H25NO3. The van der Waals surface area contributed by atoms with Crippen molar-refractivity contribution in [1.82, 2.24) is 5.32 Å². The van der Waals surface area contributed by atoms with Crippen molar-refractivity contribution >= 4 is 11.9 Å². The summed E-state index contributed by atoms with van der Waals surface area (Å²) in [5, 5.41) is 11.8. The highest BCUT2D eigenvalue weighted by atomic mass is 16.4. The van der Waals surface area contributed by atoms with Crippen molar-refractivity contribution < 1.29 is 14.7 Å². The Balaban J connectivity index is 2.57. The van der Waals surface area contributed by atoms with Crippen molar-refractivity contribution in [2.24, 2.45) is 5.92 Å². The van der Waals surface area contributed by atoms with Crippen LogP contribution in [-0.2, 0) is 9.59 Å². The maximum Gasteiger partial charge on any atom is 0.305 e. The van der Waals surface area contributed by atoms with Crippen molar-refractivity contribution in [2.45, 2.75) is 70.8 Å². The Kier molecular flexibility index (Phi) is 5.63. The van der Waals surface area contributed by atoms with Gasteiger partial charge in [0.05, 0.1) is 6.42 Å². The van der Waals surface area contributed by atoms with Crippen molar-refractivity contribution in [2.75, 3.05) is 0 Å². The summed E-state index contributed by atoms with van der Waals surface area (Å²) in [6, 6.07) is 0. The molecule has 0 saturated heterocycles. The average molecular weight is 255 g/mol. The van der Waals surface area contributed by atoms with Crippen LogP contribution < -0.4 is 5.32 Å². The van der Waals surface area contributed by atoms with Crippen LogP contribution in [0.3, 0.4) is 0 Å². The maximum atomic E-state index is 12.2. The first kappa shape index (κ1) is 15.0. The molecule has 0 aromatic heterocycles. The highest BCUT2D eigenvalue weighted by Gasteiger charge is 2.30. The first-order chi connectivity index (χ1) is 8.47. The fourth-order valence-corrected chi connectivity index (χ4v) is 2.53. The zero-order valence-corrected chi connectivity index (χ0v) is 11.5. The Bertz CT molecular complexity index is 295. The van der Waals surface area contributed by atoms with Gasteiger partial charge in [0.15, 0.2) is 0 Å². The Morgan fingerprint density at radius 1 is 1.22 bits per heavy atom. The number of aliphatic carboxylic acids is 1. The summed E-state index contributed by atoms with van der Waals surface area (Å²) in [7, 11) is 0. The van der Waals surface area contributed by atoms with Crippen LogP contribution >= 0.6 is 0 Å². The number of rotatable bonds is 5. The van der Waals surface area contributed by atoms with Crippen LogP contribution in [0.5, 0.6) is 0 Å². The van der Waals surface area contributed by atoms with E-state index in [1.807, 2.05) is 13.8 Å². The normalized spacial score (nSPS) is 20.8. The number of carbonyl (C=O) groups is 2. The van der Waals surface area contributed by atoms with Crippen LogP contribution in [0, 0.1) is 5.92 Å². The number of amides is 1. The lowest BCUT2D eigenvalue weighted by molar-refractivity contribution is -0.139. The second-order valence-corrected chi connectivity index (χ2v) is 5.66. The number of hydrogen-bond donors (Lipinski definition) is 2. The van der Waals surface area contributed by atoms with Gasteiger partial charge >= 0.3 is 5.97 Å². The molecule has 2 N–H and O–H groups in total. The van der Waals surface area contributed by atoms with E-state index >= 15 is 0 Å². The van der Waals surface area contributed by atoms with Gasteiger partial charge in [-0.25, -0.2) is 0 Å². The van der Waals surface area contributed by atoms with Gasteiger partial charge in [-0.1, -0.05) is 32.6 Å². The smallest absolute Gasteiger partial charge is 0.305 e. The Labute approximate surface area is 109 Å². The predicted molar refractivity (Wildman–Crippen MR) is 70.3 cm³/mol. The first-order valence-electron chi connectivity index (χ1n) is 7.00. The third-order valence-electron chi connectivity index (χ3n) is 3.97. The summed E-state index contributed by atoms with van der Waals surface area (Å²) >= 11 is 0. The maximum absolute atomic E-state index is 12.2. The molecule has 0 heterocycles. The predicted octanol–water partition coefficient (Wildman–Crippen LogP) is 2.72. The summed E-state index contributed by atoms with van der Waals surface area (Å²) < 4.78 is 0. The Morgan fingerprint density at radius 2 is 1.78 bits per heavy atom. The lowest BCUT2D eigenvalue weighted by Gasteiger charge is -2.30. The minimum atomic E-state index is -0.861. The zero-order valence-electron chi connectivity index (χ0n) is 11.5. The van der Waals surface area contributed by atoms with Crippen molar-refractivity contribution in [1.29, 1.82) is 0 Å². The molecule has 1 fully saturated rings. The van der Waals surface area contributed by atoms with Gasteiger partial charge in [-0.3, -0.25) is 9.59 Å². The minimum absolute atomic E-state index is 0.0119. The largest absolute Gasteiger partial charge is 0.481 e. The summed E-state index contributed by atoms with van der Waals surface area (Å²) in [6.45, 7) is 3.73. The van der Waals surface area contributed by atoms with Gasteiger partial charge in [0.1, 0.15) is 0 Å². The fourth-order valence-electron chi connectivity index (χ4n) is 2.53. The summed E-state index contributed by atoms with van der Waals surface area (Å²) in [6.07, 6.45) is 7.16. The first-order valence-corrected chi connectivity index (χ1v) is 7.00. The van der Waals surface area contributed by atoms with E-state index in [1.54, 1.807) is 0 Å². The van der Waals surface area contributed by atoms with Crippen LogP contribution in [0.4, 0.5) is 0 Å². The molecule has 1 rings (SSSR count). The molecule has 0 unspecified atom stereocenters. The molecule has 0 aromatic rings. The van der Waals surface area contributed by atoms with Gasteiger partial charge < -0.3 is 10.4 Å². The van der Waals surface area contributed by atoms with E-state index in [2.05, 4.69) is 5.32 Å². The fraction of sp³-hybridized carbons (Fsp3) is 0.857. The van der Waals surface area contributed by atoms with Gasteiger partial charge in [0, 0.05) is 11.5 Å². The van der Waals surface area contributed by atoms with Gasteiger partial charge in [0.25, 0.3) is 0 Å². The van der Waals surface area contributed by atoms with Gasteiger partial charge in [-0.05, 0) is 26.2 Å². The SMILES string of the molecule is CC[C@](C)(CC(=O)O)NC(=O)C1CCCCCC1. The van der Waals surface area contributed by atoms with Gasteiger partial charge in [-0.15, -0.1) is 0 Å². The standard InChI is InChI=1S/C14H25NO3/c1-3-14(2,10-12(16)17)15-13(18)11-8-6-4-5-7-9-11/h11H,3-10H2,1-2H3,(H,15,18)(H,16,17)/t14-/m1/s1. The van der Waals surface area contributed by atoms with E-state index in [-0.39, 0.29) is 18.2 Å². The molecule has 0 aromatic carbocycles. The second kappa shape index (κ2) is 6.76. The molecule has 0 radical (unpaired) electrons. The third kappa shape index (κ3) is 4.67. The van der Waals surface area contributed by atoms with Crippen LogP contribution in [0.1, 0.15) is 65.2 Å². The molecule has 1 atom stereocenters. The average Bonchev–Trinajstić information content (AvgIpc) is 2.56. The Morgan fingerprint density at radius 3 is 2.22 bits per heavy atom. The highest BCUT2D eigenvalue weighted by molar-refractivity contribution is 5.80. The molecule has 0 aliphatic heterocycles. The van der Waals surface area contributed by atoms with Crippen LogP contribution in [0.2, 0.25) is 0 Å². The molecule has 0 bridgehead atoms. The van der Waals surface area contributed by atoms with Crippen molar-refractivity contribution in [3.63, 3.8) is 0 Å². The third-order valence-corrected chi connectivity index (χ3v) is 3.97. The molecular weight excluding hydrogens is 230 g/mol. The number of carbonyl (C=O) groups excluding carboxylic acids is 1. The zero-order chi connectivity index (χ0) is 13.6. The number of carboxylic acid groups (broad SMARTS) is 1.